The zero-order valence-electron chi connectivity index (χ0n) is 25.0. The summed E-state index contributed by atoms with van der Waals surface area (Å²) in [5, 5.41) is 7.90. The maximum absolute atomic E-state index is 13.0. The minimum absolute atomic E-state index is 0.550. The van der Waals surface area contributed by atoms with Gasteiger partial charge in [-0.1, -0.05) is 19.1 Å². The number of para-hydroxylation sites is 1. The number of rotatable bonds is 8. The number of hydrogen-bond acceptors (Lipinski definition) is 8. The molecular weight excluding hydrogens is 531 g/mol. The number of benzene rings is 2. The van der Waals surface area contributed by atoms with Gasteiger partial charge in [-0.2, -0.15) is 4.98 Å². The number of aryl methyl sites for hydroxylation is 2. The van der Waals surface area contributed by atoms with E-state index in [-0.39, 0.29) is 0 Å². The van der Waals surface area contributed by atoms with Crippen LogP contribution < -0.4 is 25.6 Å². The van der Waals surface area contributed by atoms with Crippen LogP contribution in [-0.4, -0.2) is 68.5 Å². The molecule has 0 amide bonds. The highest BCUT2D eigenvalue weighted by atomic mass is 31.2. The first-order valence-corrected chi connectivity index (χ1v) is 17.6. The molecule has 3 heterocycles. The van der Waals surface area contributed by atoms with Gasteiger partial charge in [0.05, 0.1) is 24.2 Å². The Balaban J connectivity index is 1.33. The molecule has 2 atom stereocenters. The van der Waals surface area contributed by atoms with E-state index in [1.807, 2.05) is 37.6 Å². The van der Waals surface area contributed by atoms with Gasteiger partial charge in [0.25, 0.3) is 0 Å². The highest BCUT2D eigenvalue weighted by Gasteiger charge is 2.39. The zero-order chi connectivity index (χ0) is 28.7. The molecule has 2 N–H and O–H groups in total. The van der Waals surface area contributed by atoms with Crippen molar-refractivity contribution in [2.45, 2.75) is 39.0 Å². The first-order valence-electron chi connectivity index (χ1n) is 15.0. The molecule has 2 saturated heterocycles. The van der Waals surface area contributed by atoms with Crippen molar-refractivity contribution in [2.24, 2.45) is 11.8 Å². The SMILES string of the molecule is CCc1cc(Nc2nc3c(c(Nc4ccccc4P(C)(C)=O)n2)CCCC3)c(OC)cc1N1C[C@H]2CN(C)C[C@H]2C1. The Morgan fingerprint density at radius 2 is 1.71 bits per heavy atom. The summed E-state index contributed by atoms with van der Waals surface area (Å²) in [6.45, 7) is 10.4. The van der Waals surface area contributed by atoms with Gasteiger partial charge < -0.3 is 29.7 Å². The molecule has 1 aromatic heterocycles. The maximum Gasteiger partial charge on any atom is 0.229 e. The average molecular weight is 575 g/mol. The predicted molar refractivity (Wildman–Crippen MR) is 170 cm³/mol. The lowest BCUT2D eigenvalue weighted by Gasteiger charge is -2.26. The molecule has 1 aliphatic carbocycles. The lowest BCUT2D eigenvalue weighted by atomic mass is 9.96. The Bertz CT molecular complexity index is 1470. The second kappa shape index (κ2) is 11.3. The summed E-state index contributed by atoms with van der Waals surface area (Å²) >= 11 is 0. The first kappa shape index (κ1) is 28.0. The van der Waals surface area contributed by atoms with Gasteiger partial charge in [0, 0.05) is 48.8 Å². The summed E-state index contributed by atoms with van der Waals surface area (Å²) in [6.07, 6.45) is 5.02. The number of likely N-dealkylation sites (tertiary alicyclic amines) is 1. The molecule has 6 rings (SSSR count). The van der Waals surface area contributed by atoms with Crippen LogP contribution >= 0.6 is 7.14 Å². The summed E-state index contributed by atoms with van der Waals surface area (Å²) in [5.41, 5.74) is 6.52. The summed E-state index contributed by atoms with van der Waals surface area (Å²) in [7, 11) is 1.49. The number of anilines is 5. The van der Waals surface area contributed by atoms with Crippen LogP contribution in [0.25, 0.3) is 0 Å². The van der Waals surface area contributed by atoms with Crippen LogP contribution in [0.3, 0.4) is 0 Å². The van der Waals surface area contributed by atoms with Crippen molar-refractivity contribution >= 4 is 41.3 Å². The van der Waals surface area contributed by atoms with Crippen molar-refractivity contribution in [2.75, 3.05) is 69.2 Å². The normalized spacial score (nSPS) is 20.6. The van der Waals surface area contributed by atoms with E-state index in [0.29, 0.717) is 5.95 Å². The molecule has 0 bridgehead atoms. The standard InChI is InChI=1S/C32H43N6O2P/c1-6-21-15-27(29(40-3)16-28(21)38-19-22-17-37(2)18-23(22)20-38)35-32-34-25-12-8-7-11-24(25)31(36-32)33-26-13-9-10-14-30(26)41(4,5)39/h9-10,13-16,22-23H,6-8,11-12,17-20H2,1-5H3,(H2,33,34,35,36)/t22-,23+. The molecule has 2 aromatic carbocycles. The quantitative estimate of drug-likeness (QED) is 0.334. The highest BCUT2D eigenvalue weighted by molar-refractivity contribution is 7.70. The number of nitrogens with one attached hydrogen (secondary N) is 2. The fourth-order valence-corrected chi connectivity index (χ4v) is 8.09. The molecule has 0 spiro atoms. The van der Waals surface area contributed by atoms with E-state index in [9.17, 15) is 4.57 Å². The number of methoxy groups -OCH3 is 1. The Hall–Kier alpha value is -3.09. The van der Waals surface area contributed by atoms with Crippen molar-refractivity contribution in [1.82, 2.24) is 14.9 Å². The lowest BCUT2D eigenvalue weighted by molar-refractivity contribution is 0.387. The average Bonchev–Trinajstić information content (AvgIpc) is 3.50. The third-order valence-corrected chi connectivity index (χ3v) is 10.5. The lowest BCUT2D eigenvalue weighted by Crippen LogP contribution is -2.27. The van der Waals surface area contributed by atoms with Crippen molar-refractivity contribution in [1.29, 1.82) is 0 Å². The predicted octanol–water partition coefficient (Wildman–Crippen LogP) is 5.66. The van der Waals surface area contributed by atoms with Crippen LogP contribution in [0.15, 0.2) is 36.4 Å². The molecule has 0 radical (unpaired) electrons. The Morgan fingerprint density at radius 3 is 2.41 bits per heavy atom. The van der Waals surface area contributed by atoms with Crippen molar-refractivity contribution in [3.63, 3.8) is 0 Å². The zero-order valence-corrected chi connectivity index (χ0v) is 25.9. The van der Waals surface area contributed by atoms with Gasteiger partial charge in [-0.15, -0.1) is 0 Å². The third kappa shape index (κ3) is 5.69. The Kier molecular flexibility index (Phi) is 7.73. The van der Waals surface area contributed by atoms with Crippen molar-refractivity contribution in [3.8, 4) is 5.75 Å². The smallest absolute Gasteiger partial charge is 0.229 e. The van der Waals surface area contributed by atoms with Gasteiger partial charge in [0.15, 0.2) is 0 Å². The molecule has 0 unspecified atom stereocenters. The molecule has 3 aliphatic rings. The van der Waals surface area contributed by atoms with E-state index in [0.717, 1.165) is 96.5 Å². The molecule has 9 heteroatoms. The van der Waals surface area contributed by atoms with Crippen LogP contribution in [0.2, 0.25) is 0 Å². The van der Waals surface area contributed by atoms with Gasteiger partial charge in [-0.3, -0.25) is 0 Å². The minimum Gasteiger partial charge on any atom is -0.494 e. The largest absolute Gasteiger partial charge is 0.494 e. The fraction of sp³-hybridized carbons (Fsp3) is 0.500. The van der Waals surface area contributed by atoms with Gasteiger partial charge in [-0.05, 0) is 88.1 Å². The summed E-state index contributed by atoms with van der Waals surface area (Å²) in [6, 6.07) is 12.2. The number of hydrogen-bond donors (Lipinski definition) is 2. The molecule has 0 saturated carbocycles. The Morgan fingerprint density at radius 1 is 0.976 bits per heavy atom. The monoisotopic (exact) mass is 574 g/mol. The molecule has 3 aromatic rings. The van der Waals surface area contributed by atoms with Crippen LogP contribution in [0.4, 0.5) is 28.8 Å². The molecule has 41 heavy (non-hydrogen) atoms. The van der Waals surface area contributed by atoms with Crippen molar-refractivity contribution < 1.29 is 9.30 Å². The van der Waals surface area contributed by atoms with Gasteiger partial charge in [-0.25, -0.2) is 4.98 Å². The second-order valence-corrected chi connectivity index (χ2v) is 15.5. The molecule has 2 aliphatic heterocycles. The number of ether oxygens (including phenoxy) is 1. The second-order valence-electron chi connectivity index (χ2n) is 12.3. The molecule has 2 fully saturated rings. The van der Waals surface area contributed by atoms with E-state index < -0.39 is 7.14 Å². The van der Waals surface area contributed by atoms with E-state index in [4.69, 9.17) is 14.7 Å². The molecular formula is C32H43N6O2P. The summed E-state index contributed by atoms with van der Waals surface area (Å²) in [5.74, 6) is 3.61. The van der Waals surface area contributed by atoms with Crippen LogP contribution in [0, 0.1) is 11.8 Å². The van der Waals surface area contributed by atoms with Crippen LogP contribution in [0.1, 0.15) is 36.6 Å². The first-order chi connectivity index (χ1) is 19.7. The number of nitrogens with zero attached hydrogens (tertiary/aromatic N) is 4. The van der Waals surface area contributed by atoms with Crippen LogP contribution in [-0.2, 0) is 23.8 Å². The van der Waals surface area contributed by atoms with Gasteiger partial charge in [0.2, 0.25) is 5.95 Å². The minimum atomic E-state index is -2.48. The number of aromatic nitrogens is 2. The van der Waals surface area contributed by atoms with Crippen LogP contribution in [0.5, 0.6) is 5.75 Å². The third-order valence-electron chi connectivity index (χ3n) is 8.96. The number of fused-ring (bicyclic) bond motifs is 2. The highest BCUT2D eigenvalue weighted by Crippen LogP contribution is 2.41. The fourth-order valence-electron chi connectivity index (χ4n) is 6.93. The molecule has 218 valence electrons. The maximum atomic E-state index is 13.0. The van der Waals surface area contributed by atoms with Gasteiger partial charge in [0.1, 0.15) is 18.7 Å². The van der Waals surface area contributed by atoms with E-state index in [1.165, 1.54) is 24.3 Å². The van der Waals surface area contributed by atoms with Gasteiger partial charge >= 0.3 is 0 Å². The van der Waals surface area contributed by atoms with Crippen molar-refractivity contribution in [3.05, 3.63) is 53.2 Å². The van der Waals surface area contributed by atoms with E-state index in [2.05, 4.69) is 46.5 Å². The summed E-state index contributed by atoms with van der Waals surface area (Å²) in [4.78, 5) is 15.0. The Labute approximate surface area is 244 Å². The topological polar surface area (TPSA) is 82.6 Å². The van der Waals surface area contributed by atoms with E-state index >= 15 is 0 Å². The van der Waals surface area contributed by atoms with E-state index in [1.54, 1.807) is 7.11 Å². The molecule has 8 nitrogen and oxygen atoms in total. The summed E-state index contributed by atoms with van der Waals surface area (Å²) < 4.78 is 19.0.